The largest absolute Gasteiger partial charge is 0.353 e. The Hall–Kier alpha value is -1.63. The molecule has 1 heterocycles. The van der Waals surface area contributed by atoms with Crippen molar-refractivity contribution in [3.05, 3.63) is 12.2 Å². The van der Waals surface area contributed by atoms with Gasteiger partial charge in [-0.1, -0.05) is 0 Å². The van der Waals surface area contributed by atoms with Crippen molar-refractivity contribution < 1.29 is 19.2 Å². The molecule has 0 fully saturated rings. The number of thioether (sulfide) groups is 1. The van der Waals surface area contributed by atoms with Gasteiger partial charge < -0.3 is 10.1 Å². The zero-order chi connectivity index (χ0) is 13.5. The van der Waals surface area contributed by atoms with Gasteiger partial charge in [0.2, 0.25) is 5.91 Å². The van der Waals surface area contributed by atoms with Crippen molar-refractivity contribution in [2.45, 2.75) is 11.7 Å². The molecule has 1 N–H and O–H groups in total. The van der Waals surface area contributed by atoms with Crippen molar-refractivity contribution in [1.29, 1.82) is 0 Å². The van der Waals surface area contributed by atoms with Gasteiger partial charge in [0.15, 0.2) is 0 Å². The molecule has 1 unspecified atom stereocenters. The Morgan fingerprint density at radius 2 is 2.06 bits per heavy atom. The number of nitrogens with one attached hydrogen (secondary N) is 1. The van der Waals surface area contributed by atoms with Gasteiger partial charge in [0.25, 0.3) is 11.8 Å². The van der Waals surface area contributed by atoms with E-state index in [1.807, 2.05) is 0 Å². The zero-order valence-corrected chi connectivity index (χ0v) is 10.7. The standard InChI is InChI=1S/C11H14N2O4S/c1-18-8(4-7-14)11(17)12-5-6-13-9(15)2-3-10(13)16/h2-3,7-8H,4-6H2,1H3,(H,12,17). The minimum atomic E-state index is -0.425. The third-order valence-corrected chi connectivity index (χ3v) is 3.40. The summed E-state index contributed by atoms with van der Waals surface area (Å²) in [7, 11) is 0. The lowest BCUT2D eigenvalue weighted by Crippen LogP contribution is -2.40. The highest BCUT2D eigenvalue weighted by Crippen LogP contribution is 2.09. The number of nitrogens with zero attached hydrogens (tertiary/aromatic N) is 1. The minimum absolute atomic E-state index is 0.137. The summed E-state index contributed by atoms with van der Waals surface area (Å²) < 4.78 is 0. The highest BCUT2D eigenvalue weighted by Gasteiger charge is 2.23. The first kappa shape index (κ1) is 14.4. The molecule has 98 valence electrons. The van der Waals surface area contributed by atoms with E-state index < -0.39 is 5.25 Å². The van der Waals surface area contributed by atoms with E-state index in [4.69, 9.17) is 0 Å². The quantitative estimate of drug-likeness (QED) is 0.491. The Morgan fingerprint density at radius 1 is 1.44 bits per heavy atom. The van der Waals surface area contributed by atoms with E-state index in [0.29, 0.717) is 6.29 Å². The van der Waals surface area contributed by atoms with Gasteiger partial charge in [-0.25, -0.2) is 0 Å². The molecule has 0 aliphatic carbocycles. The monoisotopic (exact) mass is 270 g/mol. The fourth-order valence-electron chi connectivity index (χ4n) is 1.45. The highest BCUT2D eigenvalue weighted by atomic mass is 32.2. The third kappa shape index (κ3) is 3.69. The molecule has 0 aromatic rings. The van der Waals surface area contributed by atoms with Gasteiger partial charge in [-0.05, 0) is 6.26 Å². The minimum Gasteiger partial charge on any atom is -0.353 e. The molecule has 0 aromatic heterocycles. The number of rotatable bonds is 7. The average molecular weight is 270 g/mol. The summed E-state index contributed by atoms with van der Waals surface area (Å²) in [5.41, 5.74) is 0. The van der Waals surface area contributed by atoms with E-state index in [2.05, 4.69) is 5.32 Å². The van der Waals surface area contributed by atoms with Crippen LogP contribution in [0.1, 0.15) is 6.42 Å². The topological polar surface area (TPSA) is 83.6 Å². The van der Waals surface area contributed by atoms with E-state index in [9.17, 15) is 19.2 Å². The van der Waals surface area contributed by atoms with Crippen molar-refractivity contribution in [2.24, 2.45) is 0 Å². The lowest BCUT2D eigenvalue weighted by Gasteiger charge is -2.16. The molecular weight excluding hydrogens is 256 g/mol. The van der Waals surface area contributed by atoms with Gasteiger partial charge in [0.05, 0.1) is 5.25 Å². The SMILES string of the molecule is CSC(CC=O)C(=O)NCCN1C(=O)C=CC1=O. The molecule has 3 amide bonds. The van der Waals surface area contributed by atoms with Crippen LogP contribution in [0.5, 0.6) is 0 Å². The Morgan fingerprint density at radius 3 is 2.56 bits per heavy atom. The van der Waals surface area contributed by atoms with Crippen molar-refractivity contribution in [3.8, 4) is 0 Å². The second-order valence-corrected chi connectivity index (χ2v) is 4.62. The number of hydrogen-bond donors (Lipinski definition) is 1. The molecule has 18 heavy (non-hydrogen) atoms. The van der Waals surface area contributed by atoms with Crippen molar-refractivity contribution >= 4 is 35.8 Å². The van der Waals surface area contributed by atoms with E-state index in [1.165, 1.54) is 23.9 Å². The van der Waals surface area contributed by atoms with Crippen molar-refractivity contribution in [2.75, 3.05) is 19.3 Å². The van der Waals surface area contributed by atoms with Crippen LogP contribution < -0.4 is 5.32 Å². The number of aldehydes is 1. The maximum Gasteiger partial charge on any atom is 0.253 e. The first-order valence-corrected chi connectivity index (χ1v) is 6.66. The summed E-state index contributed by atoms with van der Waals surface area (Å²) in [6.07, 6.45) is 4.97. The fourth-order valence-corrected chi connectivity index (χ4v) is 2.02. The molecular formula is C11H14N2O4S. The second-order valence-electron chi connectivity index (χ2n) is 3.58. The maximum absolute atomic E-state index is 11.6. The van der Waals surface area contributed by atoms with E-state index >= 15 is 0 Å². The second kappa shape index (κ2) is 6.95. The molecule has 0 radical (unpaired) electrons. The molecule has 0 saturated carbocycles. The Kier molecular flexibility index (Phi) is 5.57. The third-order valence-electron chi connectivity index (χ3n) is 2.42. The maximum atomic E-state index is 11.6. The Labute approximate surface area is 109 Å². The molecule has 0 aromatic carbocycles. The van der Waals surface area contributed by atoms with Crippen LogP contribution in [0.4, 0.5) is 0 Å². The Balaban J connectivity index is 2.33. The van der Waals surface area contributed by atoms with E-state index in [0.717, 1.165) is 4.90 Å². The van der Waals surface area contributed by atoms with Gasteiger partial charge >= 0.3 is 0 Å². The summed E-state index contributed by atoms with van der Waals surface area (Å²) in [5, 5.41) is 2.17. The van der Waals surface area contributed by atoms with Gasteiger partial charge in [0, 0.05) is 31.7 Å². The molecule has 0 bridgehead atoms. The van der Waals surface area contributed by atoms with Crippen LogP contribution in [0, 0.1) is 0 Å². The molecule has 1 aliphatic heterocycles. The van der Waals surface area contributed by atoms with Gasteiger partial charge in [-0.3, -0.25) is 19.3 Å². The van der Waals surface area contributed by atoms with Crippen LogP contribution >= 0.6 is 11.8 Å². The predicted octanol–water partition coefficient (Wildman–Crippen LogP) is -0.652. The predicted molar refractivity (Wildman–Crippen MR) is 66.9 cm³/mol. The van der Waals surface area contributed by atoms with Crippen LogP contribution in [-0.4, -0.2) is 53.5 Å². The molecule has 6 nitrogen and oxygen atoms in total. The van der Waals surface area contributed by atoms with Crippen LogP contribution in [0.3, 0.4) is 0 Å². The number of imide groups is 1. The van der Waals surface area contributed by atoms with Crippen molar-refractivity contribution in [3.63, 3.8) is 0 Å². The van der Waals surface area contributed by atoms with E-state index in [1.54, 1.807) is 6.26 Å². The number of carbonyl (C=O) groups excluding carboxylic acids is 4. The smallest absolute Gasteiger partial charge is 0.253 e. The first-order valence-electron chi connectivity index (χ1n) is 5.37. The van der Waals surface area contributed by atoms with Gasteiger partial charge in [-0.2, -0.15) is 11.8 Å². The lowest BCUT2D eigenvalue weighted by molar-refractivity contribution is -0.137. The van der Waals surface area contributed by atoms with Crippen LogP contribution in [-0.2, 0) is 19.2 Å². The van der Waals surface area contributed by atoms with E-state index in [-0.39, 0.29) is 37.2 Å². The summed E-state index contributed by atoms with van der Waals surface area (Å²) in [6, 6.07) is 0. The van der Waals surface area contributed by atoms with Crippen LogP contribution in [0.2, 0.25) is 0 Å². The van der Waals surface area contributed by atoms with Crippen LogP contribution in [0.15, 0.2) is 12.2 Å². The molecule has 1 atom stereocenters. The zero-order valence-electron chi connectivity index (χ0n) is 9.92. The Bertz CT molecular complexity index is 377. The average Bonchev–Trinajstić information content (AvgIpc) is 2.67. The number of carbonyl (C=O) groups is 4. The summed E-state index contributed by atoms with van der Waals surface area (Å²) in [6.45, 7) is 0.326. The number of hydrogen-bond acceptors (Lipinski definition) is 5. The highest BCUT2D eigenvalue weighted by molar-refractivity contribution is 7.99. The molecule has 1 aliphatic rings. The molecule has 0 saturated heterocycles. The van der Waals surface area contributed by atoms with Gasteiger partial charge in [-0.15, -0.1) is 0 Å². The summed E-state index contributed by atoms with van der Waals surface area (Å²) in [5.74, 6) is -1.01. The van der Waals surface area contributed by atoms with Gasteiger partial charge in [0.1, 0.15) is 6.29 Å². The first-order chi connectivity index (χ1) is 8.60. The molecule has 0 spiro atoms. The molecule has 7 heteroatoms. The summed E-state index contributed by atoms with van der Waals surface area (Å²) in [4.78, 5) is 45.4. The number of amides is 3. The normalized spacial score (nSPS) is 15.9. The van der Waals surface area contributed by atoms with Crippen LogP contribution in [0.25, 0.3) is 0 Å². The fraction of sp³-hybridized carbons (Fsp3) is 0.455. The summed E-state index contributed by atoms with van der Waals surface area (Å²) >= 11 is 1.28. The van der Waals surface area contributed by atoms with Crippen molar-refractivity contribution in [1.82, 2.24) is 10.2 Å². The lowest BCUT2D eigenvalue weighted by atomic mass is 10.3. The molecule has 1 rings (SSSR count).